The third kappa shape index (κ3) is 66.6. The Bertz CT molecular complexity index is 1500. The van der Waals surface area contributed by atoms with Gasteiger partial charge in [-0.05, 0) is 77.0 Å². The summed E-state index contributed by atoms with van der Waals surface area (Å²) in [5.74, 6) is -2.00. The lowest BCUT2D eigenvalue weighted by Crippen LogP contribution is -2.40. The van der Waals surface area contributed by atoms with Crippen LogP contribution in [0.1, 0.15) is 348 Å². The molecule has 2 atom stereocenters. The number of allylic oxidation sites excluding steroid dienone is 8. The molecule has 9 heteroatoms. The van der Waals surface area contributed by atoms with Crippen molar-refractivity contribution in [2.75, 3.05) is 47.5 Å². The number of nitrogens with zero attached hydrogens (tertiary/aromatic N) is 1. The van der Waals surface area contributed by atoms with Crippen molar-refractivity contribution in [3.05, 3.63) is 48.6 Å². The lowest BCUT2D eigenvalue weighted by atomic mass is 10.0. The Hall–Kier alpha value is -2.75. The van der Waals surface area contributed by atoms with Gasteiger partial charge in [-0.3, -0.25) is 9.59 Å². The quantitative estimate of drug-likeness (QED) is 0.0211. The van der Waals surface area contributed by atoms with Gasteiger partial charge in [0.05, 0.1) is 34.4 Å². The Morgan fingerprint density at radius 2 is 0.651 bits per heavy atom. The normalized spacial score (nSPS) is 12.9. The molecule has 0 aliphatic rings. The molecule has 0 aromatic carbocycles. The molecule has 0 spiro atoms. The molecule has 0 radical (unpaired) electrons. The fourth-order valence-electron chi connectivity index (χ4n) is 10.5. The maximum atomic E-state index is 12.9. The van der Waals surface area contributed by atoms with Crippen LogP contribution in [0.5, 0.6) is 0 Å². The molecule has 0 rings (SSSR count). The van der Waals surface area contributed by atoms with E-state index in [1.807, 2.05) is 21.1 Å². The fourth-order valence-corrected chi connectivity index (χ4v) is 10.5. The highest BCUT2D eigenvalue weighted by Crippen LogP contribution is 2.18. The molecule has 0 saturated heterocycles. The smallest absolute Gasteiger partial charge is 0.361 e. The van der Waals surface area contributed by atoms with E-state index < -0.39 is 24.3 Å². The highest BCUT2D eigenvalue weighted by Gasteiger charge is 2.25. The second-order valence-electron chi connectivity index (χ2n) is 25.5. The van der Waals surface area contributed by atoms with Crippen LogP contribution in [0.15, 0.2) is 48.6 Å². The lowest BCUT2D eigenvalue weighted by Gasteiger charge is -2.25. The molecule has 0 aromatic rings. The number of unbranched alkanes of at least 4 members (excludes halogenated alkanes) is 44. The van der Waals surface area contributed by atoms with Crippen LogP contribution in [-0.4, -0.2) is 87.4 Å². The zero-order chi connectivity index (χ0) is 60.5. The number of esters is 2. The summed E-state index contributed by atoms with van der Waals surface area (Å²) in [7, 11) is 5.98. The number of carbonyl (C=O) groups excluding carboxylic acids is 2. The van der Waals surface area contributed by atoms with Crippen LogP contribution in [0, 0.1) is 0 Å². The van der Waals surface area contributed by atoms with Crippen LogP contribution in [0.2, 0.25) is 0 Å². The van der Waals surface area contributed by atoms with E-state index in [-0.39, 0.29) is 32.2 Å². The number of carboxylic acids is 1. The number of ether oxygens (including phenoxy) is 4. The highest BCUT2D eigenvalue weighted by atomic mass is 16.7. The summed E-state index contributed by atoms with van der Waals surface area (Å²) in [4.78, 5) is 37.5. The molecule has 0 aliphatic heterocycles. The number of aliphatic carboxylic acids is 1. The van der Waals surface area contributed by atoms with Crippen LogP contribution in [0.3, 0.4) is 0 Å². The Kier molecular flexibility index (Phi) is 63.1. The largest absolute Gasteiger partial charge is 0.477 e. The molecule has 0 aromatic heterocycles. The second-order valence-corrected chi connectivity index (χ2v) is 25.5. The first-order chi connectivity index (χ1) is 40.6. The van der Waals surface area contributed by atoms with Crippen LogP contribution in [-0.2, 0) is 33.3 Å². The van der Waals surface area contributed by atoms with E-state index >= 15 is 0 Å². The molecule has 9 nitrogen and oxygen atoms in total. The molecular formula is C74H138NO8+. The van der Waals surface area contributed by atoms with Crippen molar-refractivity contribution in [1.82, 2.24) is 0 Å². The Morgan fingerprint density at radius 1 is 0.361 bits per heavy atom. The molecule has 1 N–H and O–H groups in total. The number of carboxylic acid groups (broad SMARTS) is 1. The van der Waals surface area contributed by atoms with Crippen molar-refractivity contribution in [3.8, 4) is 0 Å². The van der Waals surface area contributed by atoms with E-state index in [1.54, 1.807) is 0 Å². The summed E-state index contributed by atoms with van der Waals surface area (Å²) < 4.78 is 22.9. The van der Waals surface area contributed by atoms with Gasteiger partial charge in [-0.15, -0.1) is 0 Å². The number of rotatable bonds is 67. The summed E-state index contributed by atoms with van der Waals surface area (Å²) in [6.07, 6.45) is 81.1. The molecule has 2 unspecified atom stereocenters. The van der Waals surface area contributed by atoms with E-state index in [0.29, 0.717) is 23.9 Å². The van der Waals surface area contributed by atoms with Crippen molar-refractivity contribution in [3.63, 3.8) is 0 Å². The summed E-state index contributed by atoms with van der Waals surface area (Å²) in [5, 5.41) is 9.73. The summed E-state index contributed by atoms with van der Waals surface area (Å²) in [6, 6.07) is 0. The van der Waals surface area contributed by atoms with Crippen LogP contribution < -0.4 is 0 Å². The van der Waals surface area contributed by atoms with Crippen LogP contribution >= 0.6 is 0 Å². The monoisotopic (exact) mass is 1170 g/mol. The van der Waals surface area contributed by atoms with Gasteiger partial charge in [-0.1, -0.05) is 306 Å². The predicted molar refractivity (Wildman–Crippen MR) is 355 cm³/mol. The fraction of sp³-hybridized carbons (Fsp3) is 0.851. The molecule has 0 fully saturated rings. The van der Waals surface area contributed by atoms with Gasteiger partial charge >= 0.3 is 17.9 Å². The number of carbonyl (C=O) groups is 3. The first-order valence-electron chi connectivity index (χ1n) is 35.8. The van der Waals surface area contributed by atoms with Gasteiger partial charge in [0.2, 0.25) is 0 Å². The van der Waals surface area contributed by atoms with Gasteiger partial charge < -0.3 is 28.5 Å². The SMILES string of the molecule is CCCCC/C=C\C/C=C\C/C=C\CCCCCCCCC(=O)OC(COC(=O)CCCCCCCCCCCCCCCCCCCCCCCCCCCCC/C=C\CCCCCCCCCC)COC(OCC[N+](C)(C)C)C(=O)O. The molecule has 0 saturated carbocycles. The Labute approximate surface area is 514 Å². The molecule has 0 heterocycles. The molecule has 0 aliphatic carbocycles. The van der Waals surface area contributed by atoms with Crippen LogP contribution in [0.4, 0.5) is 0 Å². The Balaban J connectivity index is 3.95. The third-order valence-electron chi connectivity index (χ3n) is 16.1. The van der Waals surface area contributed by atoms with E-state index in [4.69, 9.17) is 18.9 Å². The van der Waals surface area contributed by atoms with Crippen molar-refractivity contribution < 1.29 is 42.9 Å². The molecule has 0 bridgehead atoms. The van der Waals surface area contributed by atoms with E-state index in [0.717, 1.165) is 57.8 Å². The van der Waals surface area contributed by atoms with Crippen LogP contribution in [0.25, 0.3) is 0 Å². The minimum absolute atomic E-state index is 0.185. The number of likely N-dealkylation sites (N-methyl/N-ethyl adjacent to an activating group) is 1. The summed E-state index contributed by atoms with van der Waals surface area (Å²) in [6.45, 7) is 4.88. The minimum Gasteiger partial charge on any atom is -0.477 e. The highest BCUT2D eigenvalue weighted by molar-refractivity contribution is 5.71. The number of hydrogen-bond donors (Lipinski definition) is 1. The van der Waals surface area contributed by atoms with Gasteiger partial charge in [0.1, 0.15) is 13.2 Å². The van der Waals surface area contributed by atoms with E-state index in [9.17, 15) is 19.5 Å². The topological polar surface area (TPSA) is 108 Å². The third-order valence-corrected chi connectivity index (χ3v) is 16.1. The average Bonchev–Trinajstić information content (AvgIpc) is 3.46. The van der Waals surface area contributed by atoms with E-state index in [1.165, 1.54) is 257 Å². The predicted octanol–water partition coefficient (Wildman–Crippen LogP) is 22.1. The number of hydrogen-bond acceptors (Lipinski definition) is 7. The average molecular weight is 1170 g/mol. The van der Waals surface area contributed by atoms with Gasteiger partial charge in [0, 0.05) is 12.8 Å². The van der Waals surface area contributed by atoms with Gasteiger partial charge in [-0.25, -0.2) is 4.79 Å². The van der Waals surface area contributed by atoms with Crippen molar-refractivity contribution in [2.24, 2.45) is 0 Å². The van der Waals surface area contributed by atoms with Gasteiger partial charge in [0.25, 0.3) is 6.29 Å². The second kappa shape index (κ2) is 65.2. The minimum atomic E-state index is -1.51. The molecular weight excluding hydrogens is 1030 g/mol. The van der Waals surface area contributed by atoms with Gasteiger partial charge in [-0.2, -0.15) is 0 Å². The standard InChI is InChI=1S/C74H137NO8/c1-6-8-10-12-14-16-18-20-22-24-26-27-28-29-30-31-32-33-34-35-36-37-38-39-40-41-42-43-44-45-47-48-50-52-54-56-58-60-62-64-71(76)81-68-70(69-82-74(73(78)79)80-67-66-75(3,4)5)83-72(77)65-63-61-59-57-55-53-51-49-46-25-23-21-19-17-15-13-11-9-7-2/h15,17,21,23-24,26,46,49,70,74H,6-14,16,18-20,22,25,27-45,47-48,50-69H2,1-5H3/p+1/b17-15-,23-21-,26-24-,49-46-. The lowest BCUT2D eigenvalue weighted by molar-refractivity contribution is -0.870. The zero-order valence-electron chi connectivity index (χ0n) is 55.6. The molecule has 83 heavy (non-hydrogen) atoms. The number of quaternary nitrogens is 1. The van der Waals surface area contributed by atoms with Gasteiger partial charge in [0.15, 0.2) is 6.10 Å². The molecule has 486 valence electrons. The van der Waals surface area contributed by atoms with Crippen molar-refractivity contribution in [2.45, 2.75) is 360 Å². The maximum absolute atomic E-state index is 12.9. The van der Waals surface area contributed by atoms with Crippen molar-refractivity contribution in [1.29, 1.82) is 0 Å². The van der Waals surface area contributed by atoms with E-state index in [2.05, 4.69) is 62.5 Å². The maximum Gasteiger partial charge on any atom is 0.361 e. The zero-order valence-corrected chi connectivity index (χ0v) is 55.6. The summed E-state index contributed by atoms with van der Waals surface area (Å²) in [5.41, 5.74) is 0. The Morgan fingerprint density at radius 3 is 1.00 bits per heavy atom. The first-order valence-corrected chi connectivity index (χ1v) is 35.8. The first kappa shape index (κ1) is 80.2. The molecule has 0 amide bonds. The summed E-state index contributed by atoms with van der Waals surface area (Å²) >= 11 is 0. The van der Waals surface area contributed by atoms with Crippen molar-refractivity contribution >= 4 is 17.9 Å².